The molecule has 0 saturated heterocycles. The Hall–Kier alpha value is -3.04. The van der Waals surface area contributed by atoms with Crippen LogP contribution in [0.15, 0.2) is 36.8 Å². The van der Waals surface area contributed by atoms with Gasteiger partial charge < -0.3 is 10.4 Å². The van der Waals surface area contributed by atoms with Crippen molar-refractivity contribution in [1.82, 2.24) is 14.9 Å². The van der Waals surface area contributed by atoms with Crippen LogP contribution in [-0.2, 0) is 4.84 Å². The van der Waals surface area contributed by atoms with E-state index in [0.29, 0.717) is 5.92 Å². The Labute approximate surface area is 165 Å². The first-order valence-corrected chi connectivity index (χ1v) is 9.32. The summed E-state index contributed by atoms with van der Waals surface area (Å²) < 4.78 is 30.4. The average Bonchev–Trinajstić information content (AvgIpc) is 3.15. The number of nitrogens with one attached hydrogen (secondary N) is 2. The van der Waals surface area contributed by atoms with Crippen molar-refractivity contribution in [2.24, 2.45) is 0 Å². The minimum Gasteiger partial charge on any atom is -0.394 e. The van der Waals surface area contributed by atoms with E-state index >= 15 is 0 Å². The highest BCUT2D eigenvalue weighted by atomic mass is 19.1. The first kappa shape index (κ1) is 19.3. The molecule has 0 radical (unpaired) electrons. The molecule has 3 aromatic rings. The first-order chi connectivity index (χ1) is 14.1. The molecule has 0 aliphatic heterocycles. The van der Waals surface area contributed by atoms with Crippen molar-refractivity contribution in [2.75, 3.05) is 18.5 Å². The minimum absolute atomic E-state index is 0.103. The molecule has 0 atom stereocenters. The number of carbonyl (C=O) groups excluding carboxylic acids is 1. The lowest BCUT2D eigenvalue weighted by Crippen LogP contribution is -2.26. The van der Waals surface area contributed by atoms with Crippen molar-refractivity contribution in [3.05, 3.63) is 59.6 Å². The Morgan fingerprint density at radius 3 is 2.79 bits per heavy atom. The number of rotatable bonds is 7. The van der Waals surface area contributed by atoms with E-state index in [0.717, 1.165) is 30.9 Å². The van der Waals surface area contributed by atoms with Crippen molar-refractivity contribution in [1.29, 1.82) is 0 Å². The van der Waals surface area contributed by atoms with Crippen molar-refractivity contribution in [2.45, 2.75) is 25.2 Å². The fraction of sp³-hybridized carbons (Fsp3) is 0.300. The zero-order valence-corrected chi connectivity index (χ0v) is 15.5. The van der Waals surface area contributed by atoms with Gasteiger partial charge in [0.15, 0.2) is 0 Å². The number of carbonyl (C=O) groups is 1. The number of hydrogen-bond donors (Lipinski definition) is 3. The molecule has 7 nitrogen and oxygen atoms in total. The van der Waals surface area contributed by atoms with Crippen molar-refractivity contribution in [3.8, 4) is 0 Å². The molecule has 9 heteroatoms. The van der Waals surface area contributed by atoms with Gasteiger partial charge in [-0.3, -0.25) is 14.0 Å². The number of anilines is 2. The quantitative estimate of drug-likeness (QED) is 0.417. The van der Waals surface area contributed by atoms with Crippen LogP contribution in [0.5, 0.6) is 0 Å². The smallest absolute Gasteiger partial charge is 0.278 e. The van der Waals surface area contributed by atoms with Crippen LogP contribution < -0.4 is 10.8 Å². The minimum atomic E-state index is -0.748. The van der Waals surface area contributed by atoms with Gasteiger partial charge in [-0.15, -0.1) is 0 Å². The standard InChI is InChI=1S/C20H20F2N4O3/c21-15-8-13(12-2-1-3-12)4-5-17(15)24-19-14(20(28)25-29-7-6-27)9-16(22)18-10-23-11-26(18)19/h4-5,8-12,24,27H,1-3,6-7H2,(H,25,28). The number of fused-ring (bicyclic) bond motifs is 1. The molecular weight excluding hydrogens is 382 g/mol. The summed E-state index contributed by atoms with van der Waals surface area (Å²) in [4.78, 5) is 21.2. The monoisotopic (exact) mass is 402 g/mol. The maximum Gasteiger partial charge on any atom is 0.278 e. The number of imidazole rings is 1. The van der Waals surface area contributed by atoms with Crippen LogP contribution in [0, 0.1) is 11.6 Å². The zero-order chi connectivity index (χ0) is 20.4. The lowest BCUT2D eigenvalue weighted by atomic mass is 9.80. The summed E-state index contributed by atoms with van der Waals surface area (Å²) in [5.41, 5.74) is 3.26. The van der Waals surface area contributed by atoms with Crippen LogP contribution in [0.1, 0.15) is 41.1 Å². The van der Waals surface area contributed by atoms with E-state index in [4.69, 9.17) is 9.94 Å². The number of amides is 1. The summed E-state index contributed by atoms with van der Waals surface area (Å²) in [5, 5.41) is 11.7. The van der Waals surface area contributed by atoms with Crippen molar-refractivity contribution < 1.29 is 23.5 Å². The fourth-order valence-electron chi connectivity index (χ4n) is 3.32. The third-order valence-corrected chi connectivity index (χ3v) is 5.08. The Balaban J connectivity index is 1.70. The van der Waals surface area contributed by atoms with Gasteiger partial charge in [-0.1, -0.05) is 12.5 Å². The number of benzene rings is 1. The molecule has 1 saturated carbocycles. The number of aromatic nitrogens is 2. The number of pyridine rings is 1. The van der Waals surface area contributed by atoms with Gasteiger partial charge in [0.1, 0.15) is 29.3 Å². The van der Waals surface area contributed by atoms with Crippen LogP contribution in [0.3, 0.4) is 0 Å². The predicted molar refractivity (Wildman–Crippen MR) is 102 cm³/mol. The Kier molecular flexibility index (Phi) is 5.41. The number of aliphatic hydroxyl groups excluding tert-OH is 1. The Morgan fingerprint density at radius 1 is 1.28 bits per heavy atom. The molecular formula is C20H20F2N4O3. The van der Waals surface area contributed by atoms with Crippen LogP contribution in [0.25, 0.3) is 5.52 Å². The number of hydroxylamine groups is 1. The molecule has 152 valence electrons. The van der Waals surface area contributed by atoms with E-state index in [9.17, 15) is 13.6 Å². The molecule has 0 bridgehead atoms. The molecule has 0 spiro atoms. The topological polar surface area (TPSA) is 87.9 Å². The number of nitrogens with zero attached hydrogens (tertiary/aromatic N) is 2. The second kappa shape index (κ2) is 8.14. The summed E-state index contributed by atoms with van der Waals surface area (Å²) >= 11 is 0. The maximum atomic E-state index is 14.7. The zero-order valence-electron chi connectivity index (χ0n) is 15.5. The van der Waals surface area contributed by atoms with Gasteiger partial charge in [0.25, 0.3) is 5.91 Å². The largest absolute Gasteiger partial charge is 0.394 e. The third kappa shape index (κ3) is 3.79. The van der Waals surface area contributed by atoms with Gasteiger partial charge in [0.05, 0.1) is 30.7 Å². The lowest BCUT2D eigenvalue weighted by Gasteiger charge is -2.26. The first-order valence-electron chi connectivity index (χ1n) is 9.32. The van der Waals surface area contributed by atoms with Gasteiger partial charge in [0.2, 0.25) is 0 Å². The van der Waals surface area contributed by atoms with Crippen LogP contribution in [0.2, 0.25) is 0 Å². The van der Waals surface area contributed by atoms with Crippen LogP contribution in [-0.4, -0.2) is 33.6 Å². The molecule has 3 N–H and O–H groups in total. The highest BCUT2D eigenvalue weighted by molar-refractivity contribution is 5.99. The molecule has 1 aliphatic carbocycles. The lowest BCUT2D eigenvalue weighted by molar-refractivity contribution is 0.0168. The highest BCUT2D eigenvalue weighted by Crippen LogP contribution is 2.37. The van der Waals surface area contributed by atoms with E-state index in [1.807, 2.05) is 6.07 Å². The molecule has 1 aromatic carbocycles. The number of aliphatic hydroxyl groups is 1. The van der Waals surface area contributed by atoms with Gasteiger partial charge in [-0.2, -0.15) is 0 Å². The summed E-state index contributed by atoms with van der Waals surface area (Å²) in [5.74, 6) is -1.35. The van der Waals surface area contributed by atoms with Gasteiger partial charge >= 0.3 is 0 Å². The number of hydrogen-bond acceptors (Lipinski definition) is 5. The SMILES string of the molecule is O=C(NOCCO)c1cc(F)c2cncn2c1Nc1ccc(C2CCC2)cc1F. The molecule has 4 rings (SSSR count). The van der Waals surface area contributed by atoms with Gasteiger partial charge in [-0.25, -0.2) is 19.2 Å². The van der Waals surface area contributed by atoms with Gasteiger partial charge in [0, 0.05) is 0 Å². The van der Waals surface area contributed by atoms with Crippen LogP contribution >= 0.6 is 0 Å². The van der Waals surface area contributed by atoms with E-state index in [1.54, 1.807) is 6.07 Å². The average molecular weight is 402 g/mol. The molecule has 1 fully saturated rings. The normalized spacial score (nSPS) is 14.0. The van der Waals surface area contributed by atoms with Gasteiger partial charge in [-0.05, 0) is 42.5 Å². The highest BCUT2D eigenvalue weighted by Gasteiger charge is 2.22. The summed E-state index contributed by atoms with van der Waals surface area (Å²) in [6.07, 6.45) is 5.89. The third-order valence-electron chi connectivity index (χ3n) is 5.08. The predicted octanol–water partition coefficient (Wildman–Crippen LogP) is 3.28. The molecule has 2 heterocycles. The molecule has 0 unspecified atom stereocenters. The van der Waals surface area contributed by atoms with Crippen LogP contribution in [0.4, 0.5) is 20.3 Å². The Morgan fingerprint density at radius 2 is 2.10 bits per heavy atom. The molecule has 1 amide bonds. The second-order valence-electron chi connectivity index (χ2n) is 6.90. The van der Waals surface area contributed by atoms with Crippen molar-refractivity contribution >= 4 is 22.9 Å². The van der Waals surface area contributed by atoms with E-state index in [1.165, 1.54) is 23.0 Å². The molecule has 1 aliphatic rings. The summed E-state index contributed by atoms with van der Waals surface area (Å²) in [7, 11) is 0. The molecule has 2 aromatic heterocycles. The fourth-order valence-corrected chi connectivity index (χ4v) is 3.32. The Bertz CT molecular complexity index is 1050. The molecule has 29 heavy (non-hydrogen) atoms. The van der Waals surface area contributed by atoms with E-state index in [2.05, 4.69) is 15.8 Å². The van der Waals surface area contributed by atoms with E-state index < -0.39 is 17.5 Å². The second-order valence-corrected chi connectivity index (χ2v) is 6.90. The van der Waals surface area contributed by atoms with Crippen molar-refractivity contribution in [3.63, 3.8) is 0 Å². The summed E-state index contributed by atoms with van der Waals surface area (Å²) in [6.45, 7) is -0.416. The maximum absolute atomic E-state index is 14.7. The van der Waals surface area contributed by atoms with E-state index in [-0.39, 0.29) is 35.8 Å². The summed E-state index contributed by atoms with van der Waals surface area (Å²) in [6, 6.07) is 5.98. The number of halogens is 2.